The summed E-state index contributed by atoms with van der Waals surface area (Å²) in [6.45, 7) is 3.78. The van der Waals surface area contributed by atoms with Gasteiger partial charge in [0.05, 0.1) is 18.6 Å². The highest BCUT2D eigenvalue weighted by atomic mass is 35.5. The van der Waals surface area contributed by atoms with E-state index in [2.05, 4.69) is 6.58 Å². The second-order valence-corrected chi connectivity index (χ2v) is 10.2. The second kappa shape index (κ2) is 12.3. The number of nitrogens with zero attached hydrogens (tertiary/aromatic N) is 1. The van der Waals surface area contributed by atoms with Crippen molar-refractivity contribution in [3.05, 3.63) is 111 Å². The van der Waals surface area contributed by atoms with Crippen molar-refractivity contribution in [2.75, 3.05) is 13.7 Å². The van der Waals surface area contributed by atoms with Crippen molar-refractivity contribution in [2.45, 2.75) is 13.0 Å². The summed E-state index contributed by atoms with van der Waals surface area (Å²) in [5.41, 5.74) is 2.75. The van der Waals surface area contributed by atoms with Crippen molar-refractivity contribution in [2.24, 2.45) is 0 Å². The lowest BCUT2D eigenvalue weighted by Crippen LogP contribution is -2.33. The van der Waals surface area contributed by atoms with Gasteiger partial charge in [0, 0.05) is 21.2 Å². The summed E-state index contributed by atoms with van der Waals surface area (Å²) in [7, 11) is 1.53. The molecule has 1 aliphatic heterocycles. The van der Waals surface area contributed by atoms with Crippen molar-refractivity contribution in [1.82, 2.24) is 4.90 Å². The normalized spacial score (nSPS) is 14.2. The molecule has 1 fully saturated rings. The van der Waals surface area contributed by atoms with Gasteiger partial charge in [0.1, 0.15) is 6.61 Å². The SMILES string of the molecule is C=CCc1cc(/C=C2\SC(=O)N(CC(=O)c3ccc(Cl)cc3)C2=O)cc(OC)c1OCc1ccc(Cl)cc1. The maximum absolute atomic E-state index is 13.0. The van der Waals surface area contributed by atoms with Gasteiger partial charge in [-0.15, -0.1) is 6.58 Å². The Kier molecular flexibility index (Phi) is 8.94. The Labute approximate surface area is 234 Å². The number of amides is 2. The number of ether oxygens (including phenoxy) is 2. The quantitative estimate of drug-likeness (QED) is 0.146. The number of halogens is 2. The summed E-state index contributed by atoms with van der Waals surface area (Å²) in [5, 5.41) is 0.620. The van der Waals surface area contributed by atoms with E-state index in [9.17, 15) is 14.4 Å². The molecule has 0 aliphatic carbocycles. The number of rotatable bonds is 10. The first-order chi connectivity index (χ1) is 18.3. The monoisotopic (exact) mass is 567 g/mol. The molecule has 38 heavy (non-hydrogen) atoms. The smallest absolute Gasteiger partial charge is 0.293 e. The van der Waals surface area contributed by atoms with Crippen molar-refractivity contribution < 1.29 is 23.9 Å². The highest BCUT2D eigenvalue weighted by Crippen LogP contribution is 2.37. The molecule has 0 saturated carbocycles. The van der Waals surface area contributed by atoms with E-state index in [1.165, 1.54) is 7.11 Å². The van der Waals surface area contributed by atoms with Crippen LogP contribution in [-0.2, 0) is 17.8 Å². The lowest BCUT2D eigenvalue weighted by atomic mass is 10.0. The van der Waals surface area contributed by atoms with Crippen LogP contribution in [0.5, 0.6) is 11.5 Å². The Morgan fingerprint density at radius 2 is 1.68 bits per heavy atom. The molecule has 6 nitrogen and oxygen atoms in total. The summed E-state index contributed by atoms with van der Waals surface area (Å²) in [6, 6.07) is 17.2. The number of hydrogen-bond acceptors (Lipinski definition) is 6. The average molecular weight is 568 g/mol. The average Bonchev–Trinajstić information content (AvgIpc) is 3.16. The van der Waals surface area contributed by atoms with Crippen LogP contribution in [0.3, 0.4) is 0 Å². The topological polar surface area (TPSA) is 72.9 Å². The Hall–Kier alpha value is -3.52. The van der Waals surface area contributed by atoms with Gasteiger partial charge in [-0.25, -0.2) is 0 Å². The zero-order valence-electron chi connectivity index (χ0n) is 20.4. The molecular weight excluding hydrogens is 545 g/mol. The van der Waals surface area contributed by atoms with Crippen LogP contribution in [0.15, 0.2) is 78.2 Å². The van der Waals surface area contributed by atoms with E-state index in [-0.39, 0.29) is 17.2 Å². The molecule has 0 spiro atoms. The van der Waals surface area contributed by atoms with Crippen LogP contribution in [0.4, 0.5) is 4.79 Å². The molecule has 1 saturated heterocycles. The van der Waals surface area contributed by atoms with Crippen LogP contribution >= 0.6 is 35.0 Å². The zero-order chi connectivity index (χ0) is 27.2. The number of thioether (sulfide) groups is 1. The molecular formula is C29H23Cl2NO5S. The molecule has 3 aromatic rings. The molecule has 1 heterocycles. The minimum Gasteiger partial charge on any atom is -0.493 e. The minimum atomic E-state index is -0.533. The Morgan fingerprint density at radius 3 is 2.32 bits per heavy atom. The number of hydrogen-bond donors (Lipinski definition) is 0. The molecule has 0 N–H and O–H groups in total. The van der Waals surface area contributed by atoms with Crippen LogP contribution in [0.1, 0.15) is 27.0 Å². The van der Waals surface area contributed by atoms with Gasteiger partial charge in [-0.2, -0.15) is 0 Å². The number of ketones is 1. The van der Waals surface area contributed by atoms with E-state index in [1.54, 1.807) is 54.6 Å². The number of carbonyl (C=O) groups is 3. The fraction of sp³-hybridized carbons (Fsp3) is 0.138. The molecule has 0 radical (unpaired) electrons. The lowest BCUT2D eigenvalue weighted by molar-refractivity contribution is -0.122. The Bertz CT molecular complexity index is 1420. The first kappa shape index (κ1) is 27.5. The van der Waals surface area contributed by atoms with Crippen molar-refractivity contribution in [3.63, 3.8) is 0 Å². The number of Topliss-reactive ketones (excluding diaryl/α,β-unsaturated/α-hetero) is 1. The van der Waals surface area contributed by atoms with E-state index in [0.717, 1.165) is 27.8 Å². The molecule has 0 bridgehead atoms. The van der Waals surface area contributed by atoms with Gasteiger partial charge in [-0.3, -0.25) is 19.3 Å². The number of imide groups is 1. The van der Waals surface area contributed by atoms with Crippen LogP contribution < -0.4 is 9.47 Å². The molecule has 3 aromatic carbocycles. The van der Waals surface area contributed by atoms with E-state index < -0.39 is 11.1 Å². The summed E-state index contributed by atoms with van der Waals surface area (Å²) >= 11 is 12.6. The van der Waals surface area contributed by atoms with Crippen LogP contribution in [0.25, 0.3) is 6.08 Å². The summed E-state index contributed by atoms with van der Waals surface area (Å²) < 4.78 is 11.7. The molecule has 1 aliphatic rings. The van der Waals surface area contributed by atoms with Crippen LogP contribution in [0, 0.1) is 0 Å². The third-order valence-corrected chi connectivity index (χ3v) is 7.09. The van der Waals surface area contributed by atoms with Gasteiger partial charge in [-0.05, 0) is 83.9 Å². The van der Waals surface area contributed by atoms with E-state index in [1.807, 2.05) is 18.2 Å². The van der Waals surface area contributed by atoms with Crippen LogP contribution in [-0.4, -0.2) is 35.5 Å². The van der Waals surface area contributed by atoms with E-state index in [0.29, 0.717) is 45.7 Å². The highest BCUT2D eigenvalue weighted by molar-refractivity contribution is 8.18. The maximum atomic E-state index is 13.0. The summed E-state index contributed by atoms with van der Waals surface area (Å²) in [5.74, 6) is 0.139. The van der Waals surface area contributed by atoms with Gasteiger partial charge in [0.2, 0.25) is 0 Å². The van der Waals surface area contributed by atoms with E-state index >= 15 is 0 Å². The predicted molar refractivity (Wildman–Crippen MR) is 151 cm³/mol. The molecule has 0 atom stereocenters. The van der Waals surface area contributed by atoms with Gasteiger partial charge < -0.3 is 9.47 Å². The molecule has 0 unspecified atom stereocenters. The molecule has 194 valence electrons. The number of benzene rings is 3. The maximum Gasteiger partial charge on any atom is 0.293 e. The first-order valence-electron chi connectivity index (χ1n) is 11.5. The number of methoxy groups -OCH3 is 1. The third-order valence-electron chi connectivity index (χ3n) is 5.67. The predicted octanol–water partition coefficient (Wildman–Crippen LogP) is 7.23. The van der Waals surface area contributed by atoms with Gasteiger partial charge in [0.25, 0.3) is 11.1 Å². The number of carbonyl (C=O) groups excluding carboxylic acids is 3. The summed E-state index contributed by atoms with van der Waals surface area (Å²) in [6.07, 6.45) is 3.84. The first-order valence-corrected chi connectivity index (χ1v) is 13.1. The molecule has 2 amide bonds. The second-order valence-electron chi connectivity index (χ2n) is 8.32. The zero-order valence-corrected chi connectivity index (χ0v) is 22.7. The van der Waals surface area contributed by atoms with Gasteiger partial charge in [-0.1, -0.05) is 41.4 Å². The molecule has 9 heteroatoms. The largest absolute Gasteiger partial charge is 0.493 e. The van der Waals surface area contributed by atoms with Crippen molar-refractivity contribution in [3.8, 4) is 11.5 Å². The fourth-order valence-corrected chi connectivity index (χ4v) is 4.87. The molecule has 0 aromatic heterocycles. The Balaban J connectivity index is 1.56. The standard InChI is InChI=1S/C29H23Cl2NO5S/c1-3-4-21-13-19(14-25(36-2)27(21)37-17-18-5-9-22(30)10-6-18)15-26-28(34)32(29(35)38-26)16-24(33)20-7-11-23(31)12-8-20/h3,5-15H,1,4,16-17H2,2H3/b26-15-. The van der Waals surface area contributed by atoms with Crippen LogP contribution in [0.2, 0.25) is 10.0 Å². The Morgan fingerprint density at radius 1 is 1.03 bits per heavy atom. The van der Waals surface area contributed by atoms with Gasteiger partial charge >= 0.3 is 0 Å². The molecule has 4 rings (SSSR count). The fourth-order valence-electron chi connectivity index (χ4n) is 3.78. The highest BCUT2D eigenvalue weighted by Gasteiger charge is 2.36. The van der Waals surface area contributed by atoms with Crippen molar-refractivity contribution in [1.29, 1.82) is 0 Å². The van der Waals surface area contributed by atoms with E-state index in [4.69, 9.17) is 32.7 Å². The summed E-state index contributed by atoms with van der Waals surface area (Å²) in [4.78, 5) is 39.4. The third kappa shape index (κ3) is 6.48. The van der Waals surface area contributed by atoms with Crippen molar-refractivity contribution >= 4 is 58.0 Å². The minimum absolute atomic E-state index is 0.209. The van der Waals surface area contributed by atoms with Gasteiger partial charge in [0.15, 0.2) is 17.3 Å². The number of allylic oxidation sites excluding steroid dienone is 1. The lowest BCUT2D eigenvalue weighted by Gasteiger charge is -2.16.